The van der Waals surface area contributed by atoms with Crippen molar-refractivity contribution >= 4 is 44.0 Å². The van der Waals surface area contributed by atoms with Crippen molar-refractivity contribution in [3.05, 3.63) is 164 Å². The highest BCUT2D eigenvalue weighted by Crippen LogP contribution is 2.37. The van der Waals surface area contributed by atoms with Crippen molar-refractivity contribution in [3.63, 3.8) is 0 Å². The third-order valence-corrected chi connectivity index (χ3v) is 9.22. The lowest BCUT2D eigenvalue weighted by Crippen LogP contribution is -2.01. The van der Waals surface area contributed by atoms with Crippen molar-refractivity contribution in [2.24, 2.45) is 0 Å². The van der Waals surface area contributed by atoms with Gasteiger partial charge in [0.1, 0.15) is 11.3 Å². The number of benzene rings is 5. The summed E-state index contributed by atoms with van der Waals surface area (Å²) in [6.07, 6.45) is 1.85. The Morgan fingerprint density at radius 1 is 0.360 bits per heavy atom. The maximum Gasteiger partial charge on any atom is 0.164 e. The van der Waals surface area contributed by atoms with Gasteiger partial charge in [-0.05, 0) is 60.7 Å². The lowest BCUT2D eigenvalue weighted by molar-refractivity contribution is 1.07. The molecule has 5 aromatic carbocycles. The molecule has 0 atom stereocenters. The number of fused-ring (bicyclic) bond motifs is 6. The van der Waals surface area contributed by atoms with Crippen molar-refractivity contribution < 1.29 is 0 Å². The highest BCUT2D eigenvalue weighted by molar-refractivity contribution is 6.15. The Labute approximate surface area is 286 Å². The Bertz CT molecular complexity index is 2780. The molecule has 234 valence electrons. The van der Waals surface area contributed by atoms with Gasteiger partial charge in [-0.2, -0.15) is 0 Å². The molecule has 0 amide bonds. The zero-order chi connectivity index (χ0) is 33.0. The van der Waals surface area contributed by atoms with Gasteiger partial charge >= 0.3 is 0 Å². The second-order valence-electron chi connectivity index (χ2n) is 12.2. The molecule has 10 aromatic rings. The smallest absolute Gasteiger partial charge is 0.164 e. The van der Waals surface area contributed by atoms with E-state index in [1.807, 2.05) is 79.0 Å². The number of hydrogen-bond acceptors (Lipinski definition) is 5. The van der Waals surface area contributed by atoms with Crippen molar-refractivity contribution in [1.29, 1.82) is 0 Å². The summed E-state index contributed by atoms with van der Waals surface area (Å²) in [6.45, 7) is 0. The highest BCUT2D eigenvalue weighted by Gasteiger charge is 2.20. The summed E-state index contributed by atoms with van der Waals surface area (Å²) in [4.78, 5) is 25.0. The monoisotopic (exact) mass is 641 g/mol. The molecule has 50 heavy (non-hydrogen) atoms. The van der Waals surface area contributed by atoms with Crippen LogP contribution in [0.4, 0.5) is 0 Å². The highest BCUT2D eigenvalue weighted by atomic mass is 15.1. The molecule has 0 saturated heterocycles. The maximum atomic E-state index is 5.43. The van der Waals surface area contributed by atoms with Gasteiger partial charge in [0.15, 0.2) is 17.5 Å². The fourth-order valence-corrected chi connectivity index (χ4v) is 6.91. The molecule has 0 saturated carbocycles. The fraction of sp³-hybridized carbons (Fsp3) is 0. The predicted octanol–water partition coefficient (Wildman–Crippen LogP) is 9.86. The molecule has 0 aliphatic rings. The quantitative estimate of drug-likeness (QED) is 0.187. The summed E-state index contributed by atoms with van der Waals surface area (Å²) in [7, 11) is 0. The van der Waals surface area contributed by atoms with E-state index >= 15 is 0 Å². The van der Waals surface area contributed by atoms with E-state index in [2.05, 4.69) is 94.1 Å². The van der Waals surface area contributed by atoms with E-state index < -0.39 is 0 Å². The van der Waals surface area contributed by atoms with Crippen LogP contribution in [0.5, 0.6) is 0 Å². The standard InChI is InChI=1S/C43H27N7/c1-4-13-28(14-5-1)39-45-40(29-15-6-2-7-16-29)47-41(46-39)30-22-24-32(25-23-30)50-37-21-12-26-44-38(37)35-27-34-33-19-10-11-20-36(33)49(42(34)48-43(35)50)31-17-8-3-9-18-31/h1-27H. The van der Waals surface area contributed by atoms with Crippen LogP contribution in [-0.2, 0) is 0 Å². The summed E-state index contributed by atoms with van der Waals surface area (Å²) in [5, 5.41) is 3.25. The first-order valence-electron chi connectivity index (χ1n) is 16.5. The molecule has 0 spiro atoms. The molecule has 0 radical (unpaired) electrons. The molecule has 0 bridgehead atoms. The molecule has 10 rings (SSSR count). The minimum absolute atomic E-state index is 0.611. The zero-order valence-electron chi connectivity index (χ0n) is 26.7. The zero-order valence-corrected chi connectivity index (χ0v) is 26.7. The van der Waals surface area contributed by atoms with Gasteiger partial charge in [-0.1, -0.05) is 97.1 Å². The van der Waals surface area contributed by atoms with Gasteiger partial charge in [-0.25, -0.2) is 19.9 Å². The Kier molecular flexibility index (Phi) is 6.35. The van der Waals surface area contributed by atoms with Crippen LogP contribution in [0, 0.1) is 0 Å². The molecule has 0 fully saturated rings. The van der Waals surface area contributed by atoms with Crippen molar-refractivity contribution in [1.82, 2.24) is 34.1 Å². The van der Waals surface area contributed by atoms with Gasteiger partial charge in [-0.3, -0.25) is 14.1 Å². The van der Waals surface area contributed by atoms with Gasteiger partial charge in [0.25, 0.3) is 0 Å². The minimum Gasteiger partial charge on any atom is -0.294 e. The van der Waals surface area contributed by atoms with Gasteiger partial charge in [0.2, 0.25) is 0 Å². The molecule has 5 aromatic heterocycles. The van der Waals surface area contributed by atoms with Gasteiger partial charge < -0.3 is 0 Å². The molecule has 0 unspecified atom stereocenters. The number of aromatic nitrogens is 7. The van der Waals surface area contributed by atoms with Gasteiger partial charge in [0.05, 0.1) is 16.6 Å². The average molecular weight is 642 g/mol. The molecule has 0 aliphatic carbocycles. The average Bonchev–Trinajstić information content (AvgIpc) is 3.70. The largest absolute Gasteiger partial charge is 0.294 e. The lowest BCUT2D eigenvalue weighted by atomic mass is 10.1. The number of pyridine rings is 2. The number of rotatable bonds is 5. The van der Waals surface area contributed by atoms with E-state index in [4.69, 9.17) is 24.9 Å². The fourth-order valence-electron chi connectivity index (χ4n) is 6.91. The van der Waals surface area contributed by atoms with Crippen LogP contribution >= 0.6 is 0 Å². The van der Waals surface area contributed by atoms with E-state index in [1.165, 1.54) is 0 Å². The first-order chi connectivity index (χ1) is 24.8. The van der Waals surface area contributed by atoms with E-state index in [1.54, 1.807) is 0 Å². The Morgan fingerprint density at radius 3 is 1.52 bits per heavy atom. The molecule has 0 aliphatic heterocycles. The molecule has 5 heterocycles. The second-order valence-corrected chi connectivity index (χ2v) is 12.2. The Balaban J connectivity index is 1.17. The topological polar surface area (TPSA) is 74.3 Å². The van der Waals surface area contributed by atoms with E-state index in [0.717, 1.165) is 72.1 Å². The van der Waals surface area contributed by atoms with Crippen LogP contribution in [0.3, 0.4) is 0 Å². The van der Waals surface area contributed by atoms with Crippen LogP contribution in [0.2, 0.25) is 0 Å². The molecular weight excluding hydrogens is 615 g/mol. The van der Waals surface area contributed by atoms with Crippen LogP contribution in [0.25, 0.3) is 89.5 Å². The Hall–Kier alpha value is -6.99. The first-order valence-corrected chi connectivity index (χ1v) is 16.5. The molecular formula is C43H27N7. The van der Waals surface area contributed by atoms with Gasteiger partial charge in [-0.15, -0.1) is 0 Å². The van der Waals surface area contributed by atoms with Crippen LogP contribution in [0.1, 0.15) is 0 Å². The second kappa shape index (κ2) is 11.3. The third-order valence-electron chi connectivity index (χ3n) is 9.22. The predicted molar refractivity (Wildman–Crippen MR) is 200 cm³/mol. The third kappa shape index (κ3) is 4.48. The van der Waals surface area contributed by atoms with Crippen molar-refractivity contribution in [2.75, 3.05) is 0 Å². The Morgan fingerprint density at radius 2 is 0.860 bits per heavy atom. The normalized spacial score (nSPS) is 11.6. The summed E-state index contributed by atoms with van der Waals surface area (Å²) < 4.78 is 4.45. The van der Waals surface area contributed by atoms with E-state index in [9.17, 15) is 0 Å². The van der Waals surface area contributed by atoms with E-state index in [0.29, 0.717) is 17.5 Å². The number of para-hydroxylation sites is 2. The summed E-state index contributed by atoms with van der Waals surface area (Å²) in [5.74, 6) is 1.88. The molecule has 7 heteroatoms. The maximum absolute atomic E-state index is 5.43. The van der Waals surface area contributed by atoms with Gasteiger partial charge in [0, 0.05) is 50.4 Å². The van der Waals surface area contributed by atoms with Crippen LogP contribution < -0.4 is 0 Å². The van der Waals surface area contributed by atoms with Crippen molar-refractivity contribution in [2.45, 2.75) is 0 Å². The summed E-state index contributed by atoms with van der Waals surface area (Å²) >= 11 is 0. The lowest BCUT2D eigenvalue weighted by Gasteiger charge is -2.11. The minimum atomic E-state index is 0.611. The first kappa shape index (κ1) is 28.1. The van der Waals surface area contributed by atoms with Crippen molar-refractivity contribution in [3.8, 4) is 45.5 Å². The van der Waals surface area contributed by atoms with E-state index in [-0.39, 0.29) is 0 Å². The SMILES string of the molecule is c1ccc(-c2nc(-c3ccccc3)nc(-c3ccc(-n4c5cccnc5c5cc6c7ccccc7n(-c7ccccc7)c6nc54)cc3)n2)cc1. The number of hydrogen-bond donors (Lipinski definition) is 0. The molecule has 0 N–H and O–H groups in total. The summed E-state index contributed by atoms with van der Waals surface area (Å²) in [5.41, 5.74) is 9.57. The molecule has 7 nitrogen and oxygen atoms in total. The van der Waals surface area contributed by atoms with Crippen LogP contribution in [0.15, 0.2) is 164 Å². The number of nitrogens with zero attached hydrogens (tertiary/aromatic N) is 7. The summed E-state index contributed by atoms with van der Waals surface area (Å²) in [6, 6.07) is 53.7. The van der Waals surface area contributed by atoms with Crippen LogP contribution in [-0.4, -0.2) is 34.1 Å².